The van der Waals surface area contributed by atoms with Gasteiger partial charge < -0.3 is 0 Å². The molecule has 0 aromatic rings. The number of hydrogen-bond donors (Lipinski definition) is 0. The molecule has 0 aromatic heterocycles. The van der Waals surface area contributed by atoms with E-state index in [9.17, 15) is 0 Å². The summed E-state index contributed by atoms with van der Waals surface area (Å²) >= 11 is 0. The highest BCUT2D eigenvalue weighted by Gasteiger charge is 1.81. The van der Waals surface area contributed by atoms with Gasteiger partial charge in [-0.1, -0.05) is 6.92 Å². The summed E-state index contributed by atoms with van der Waals surface area (Å²) in [6.45, 7) is 3.90. The van der Waals surface area contributed by atoms with E-state index in [2.05, 4.69) is 0 Å². The van der Waals surface area contributed by atoms with Gasteiger partial charge in [-0.2, -0.15) is 0 Å². The molecule has 0 bridgehead atoms. The Morgan fingerprint density at radius 2 is 2.00 bits per heavy atom. The molecule has 0 aromatic carbocycles. The number of nitrogens with one attached hydrogen (secondary N) is 1. The van der Waals surface area contributed by atoms with Crippen molar-refractivity contribution in [2.75, 3.05) is 0 Å². The lowest BCUT2D eigenvalue weighted by molar-refractivity contribution is 0.693. The predicted molar refractivity (Wildman–Crippen MR) is 22.8 cm³/mol. The molecule has 0 saturated carbocycles. The highest BCUT2D eigenvalue weighted by molar-refractivity contribution is 4.42. The average molecular weight is 72.1 g/mol. The molecule has 1 radical (unpaired) electrons. The first-order valence-electron chi connectivity index (χ1n) is 1.98. The topological polar surface area (TPSA) is 23.8 Å². The zero-order valence-electron chi connectivity index (χ0n) is 3.78. The molecule has 0 rings (SSSR count). The standard InChI is InChI=1S/C4H10N/c1-3-4(2)5/h4-5H,3H2,1-2H3. The van der Waals surface area contributed by atoms with Crippen molar-refractivity contribution in [1.29, 1.82) is 0 Å². The zero-order valence-corrected chi connectivity index (χ0v) is 3.78. The Morgan fingerprint density at radius 1 is 1.80 bits per heavy atom. The second-order valence-electron chi connectivity index (χ2n) is 1.31. The van der Waals surface area contributed by atoms with Crippen molar-refractivity contribution in [3.05, 3.63) is 0 Å². The molecule has 0 spiro atoms. The number of rotatable bonds is 1. The van der Waals surface area contributed by atoms with Gasteiger partial charge in [-0.05, 0) is 13.3 Å². The molecule has 5 heavy (non-hydrogen) atoms. The van der Waals surface area contributed by atoms with Crippen molar-refractivity contribution >= 4 is 0 Å². The fourth-order valence-electron chi connectivity index (χ4n) is 0. The first-order valence-corrected chi connectivity index (χ1v) is 1.98. The van der Waals surface area contributed by atoms with E-state index < -0.39 is 0 Å². The molecule has 1 heteroatoms. The van der Waals surface area contributed by atoms with Gasteiger partial charge in [0.1, 0.15) is 0 Å². The molecular formula is C4H10N. The minimum Gasteiger partial charge on any atom is -0.255 e. The average Bonchev–Trinajstić information content (AvgIpc) is 1.38. The summed E-state index contributed by atoms with van der Waals surface area (Å²) in [6.07, 6.45) is 0.972. The lowest BCUT2D eigenvalue weighted by atomic mass is 10.3. The maximum atomic E-state index is 6.83. The van der Waals surface area contributed by atoms with Crippen LogP contribution in [0.2, 0.25) is 0 Å². The molecule has 1 nitrogen and oxygen atoms in total. The highest BCUT2D eigenvalue weighted by atomic mass is 14.6. The summed E-state index contributed by atoms with van der Waals surface area (Å²) in [4.78, 5) is 0. The molecule has 0 amide bonds. The van der Waals surface area contributed by atoms with Crippen LogP contribution in [0, 0.1) is 0 Å². The Bertz CT molecular complexity index is 17.6. The smallest absolute Gasteiger partial charge is 0.0182 e. The number of hydrogen-bond acceptors (Lipinski definition) is 0. The van der Waals surface area contributed by atoms with Gasteiger partial charge in [0.2, 0.25) is 0 Å². The van der Waals surface area contributed by atoms with E-state index >= 15 is 0 Å². The predicted octanol–water partition coefficient (Wildman–Crippen LogP) is 1.07. The Balaban J connectivity index is 2.54. The van der Waals surface area contributed by atoms with E-state index in [0.717, 1.165) is 6.42 Å². The van der Waals surface area contributed by atoms with Crippen LogP contribution in [0.25, 0.3) is 0 Å². The van der Waals surface area contributed by atoms with Gasteiger partial charge >= 0.3 is 0 Å². The van der Waals surface area contributed by atoms with Crippen LogP contribution in [0.3, 0.4) is 0 Å². The van der Waals surface area contributed by atoms with E-state index in [4.69, 9.17) is 5.73 Å². The van der Waals surface area contributed by atoms with Crippen LogP contribution in [0.5, 0.6) is 0 Å². The molecule has 1 atom stereocenters. The maximum absolute atomic E-state index is 6.83. The Kier molecular flexibility index (Phi) is 2.19. The lowest BCUT2D eigenvalue weighted by Crippen LogP contribution is -1.96. The normalized spacial score (nSPS) is 15.0. The largest absolute Gasteiger partial charge is 0.255 e. The van der Waals surface area contributed by atoms with Gasteiger partial charge in [0.25, 0.3) is 0 Å². The van der Waals surface area contributed by atoms with Crippen molar-refractivity contribution in [1.82, 2.24) is 5.73 Å². The summed E-state index contributed by atoms with van der Waals surface area (Å²) in [5.41, 5.74) is 6.83. The molecule has 1 N–H and O–H groups in total. The monoisotopic (exact) mass is 72.1 g/mol. The fourth-order valence-corrected chi connectivity index (χ4v) is 0. The molecule has 31 valence electrons. The second-order valence-corrected chi connectivity index (χ2v) is 1.31. The molecule has 0 saturated heterocycles. The van der Waals surface area contributed by atoms with Gasteiger partial charge in [0.05, 0.1) is 0 Å². The first kappa shape index (κ1) is 4.96. The van der Waals surface area contributed by atoms with E-state index in [-0.39, 0.29) is 6.04 Å². The summed E-state index contributed by atoms with van der Waals surface area (Å²) in [5.74, 6) is 0. The summed E-state index contributed by atoms with van der Waals surface area (Å²) in [6, 6.07) is 0.134. The molecule has 0 aliphatic heterocycles. The summed E-state index contributed by atoms with van der Waals surface area (Å²) in [7, 11) is 0. The molecule has 0 heterocycles. The van der Waals surface area contributed by atoms with Crippen molar-refractivity contribution < 1.29 is 0 Å². The third kappa shape index (κ3) is 3.96. The Labute approximate surface area is 33.2 Å². The summed E-state index contributed by atoms with van der Waals surface area (Å²) in [5, 5.41) is 0. The van der Waals surface area contributed by atoms with Crippen LogP contribution in [0.15, 0.2) is 0 Å². The second kappa shape index (κ2) is 2.21. The van der Waals surface area contributed by atoms with Crippen molar-refractivity contribution in [2.45, 2.75) is 26.3 Å². The van der Waals surface area contributed by atoms with Gasteiger partial charge in [-0.15, -0.1) is 0 Å². The zero-order chi connectivity index (χ0) is 4.28. The fraction of sp³-hybridized carbons (Fsp3) is 1.00. The van der Waals surface area contributed by atoms with E-state index in [0.29, 0.717) is 0 Å². The molecule has 0 fully saturated rings. The lowest BCUT2D eigenvalue weighted by Gasteiger charge is -1.89. The quantitative estimate of drug-likeness (QED) is 0.442. The molecular weight excluding hydrogens is 62.1 g/mol. The van der Waals surface area contributed by atoms with Crippen molar-refractivity contribution in [2.24, 2.45) is 0 Å². The van der Waals surface area contributed by atoms with Crippen LogP contribution in [0.1, 0.15) is 20.3 Å². The molecule has 1 unspecified atom stereocenters. The van der Waals surface area contributed by atoms with E-state index in [1.165, 1.54) is 0 Å². The van der Waals surface area contributed by atoms with Crippen LogP contribution >= 0.6 is 0 Å². The third-order valence-corrected chi connectivity index (χ3v) is 0.612. The van der Waals surface area contributed by atoms with Crippen LogP contribution in [0.4, 0.5) is 0 Å². The third-order valence-electron chi connectivity index (χ3n) is 0.612. The van der Waals surface area contributed by atoms with Crippen molar-refractivity contribution in [3.63, 3.8) is 0 Å². The first-order chi connectivity index (χ1) is 2.27. The van der Waals surface area contributed by atoms with Gasteiger partial charge in [-0.3, -0.25) is 5.73 Å². The minimum absolute atomic E-state index is 0.134. The summed E-state index contributed by atoms with van der Waals surface area (Å²) < 4.78 is 0. The Morgan fingerprint density at radius 3 is 2.00 bits per heavy atom. The van der Waals surface area contributed by atoms with Crippen LogP contribution < -0.4 is 5.73 Å². The van der Waals surface area contributed by atoms with Crippen LogP contribution in [-0.2, 0) is 0 Å². The minimum atomic E-state index is 0.134. The van der Waals surface area contributed by atoms with Gasteiger partial charge in [-0.25, -0.2) is 0 Å². The van der Waals surface area contributed by atoms with E-state index in [1.807, 2.05) is 13.8 Å². The SMILES string of the molecule is CCC(C)[NH]. The highest BCUT2D eigenvalue weighted by Crippen LogP contribution is 1.80. The van der Waals surface area contributed by atoms with Gasteiger partial charge in [0, 0.05) is 6.04 Å². The van der Waals surface area contributed by atoms with Crippen LogP contribution in [-0.4, -0.2) is 6.04 Å². The molecule has 0 aliphatic carbocycles. The molecule has 0 aliphatic rings. The Hall–Kier alpha value is -0.0400. The van der Waals surface area contributed by atoms with Gasteiger partial charge in [0.15, 0.2) is 0 Å². The maximum Gasteiger partial charge on any atom is 0.0182 e. The van der Waals surface area contributed by atoms with E-state index in [1.54, 1.807) is 0 Å². The van der Waals surface area contributed by atoms with Crippen molar-refractivity contribution in [3.8, 4) is 0 Å².